The summed E-state index contributed by atoms with van der Waals surface area (Å²) in [5.41, 5.74) is 2.85. The van der Waals surface area contributed by atoms with E-state index in [1.54, 1.807) is 11.1 Å². The second-order valence-electron chi connectivity index (χ2n) is 7.30. The number of nitrogens with zero attached hydrogens (tertiary/aromatic N) is 3. The van der Waals surface area contributed by atoms with Crippen LogP contribution in [0, 0.1) is 0 Å². The van der Waals surface area contributed by atoms with Crippen molar-refractivity contribution in [1.82, 2.24) is 15.0 Å². The Morgan fingerprint density at radius 2 is 1.79 bits per heavy atom. The first-order valence-corrected chi connectivity index (χ1v) is 9.07. The first-order chi connectivity index (χ1) is 13.5. The van der Waals surface area contributed by atoms with Crippen LogP contribution in [0.2, 0.25) is 0 Å². The Morgan fingerprint density at radius 3 is 2.57 bits per heavy atom. The van der Waals surface area contributed by atoms with Gasteiger partial charge in [0.15, 0.2) is 0 Å². The van der Waals surface area contributed by atoms with E-state index in [9.17, 15) is 4.79 Å². The number of imidazole rings is 1. The summed E-state index contributed by atoms with van der Waals surface area (Å²) in [4.78, 5) is 26.7. The monoisotopic (exact) mass is 370 g/mol. The molecule has 0 saturated heterocycles. The summed E-state index contributed by atoms with van der Waals surface area (Å²) in [5, 5.41) is 0. The SMILES string of the molecule is CC1(C)C(=O)N(c2ccc(Oc3nc4ccccc4[nH]3)cc2)c2ncccc21. The molecule has 6 heteroatoms. The standard InChI is InChI=1S/C22H18N4O2/c1-22(2)16-6-5-13-23-19(16)26(20(22)27)14-9-11-15(12-10-14)28-21-24-17-7-3-4-8-18(17)25-21/h3-13H,1-2H3,(H,24,25). The largest absolute Gasteiger partial charge is 0.426 e. The Labute approximate surface area is 161 Å². The van der Waals surface area contributed by atoms with Crippen molar-refractivity contribution in [3.63, 3.8) is 0 Å². The zero-order chi connectivity index (χ0) is 19.3. The van der Waals surface area contributed by atoms with Crippen LogP contribution in [-0.4, -0.2) is 20.9 Å². The summed E-state index contributed by atoms with van der Waals surface area (Å²) in [7, 11) is 0. The Bertz CT molecular complexity index is 1160. The van der Waals surface area contributed by atoms with E-state index in [0.717, 1.165) is 22.3 Å². The third-order valence-electron chi connectivity index (χ3n) is 5.09. The molecule has 3 heterocycles. The fourth-order valence-corrected chi connectivity index (χ4v) is 3.55. The lowest BCUT2D eigenvalue weighted by atomic mass is 9.87. The molecule has 0 bridgehead atoms. The number of rotatable bonds is 3. The van der Waals surface area contributed by atoms with Crippen molar-refractivity contribution in [2.75, 3.05) is 4.90 Å². The Balaban J connectivity index is 1.44. The summed E-state index contributed by atoms with van der Waals surface area (Å²) in [6.45, 7) is 3.85. The van der Waals surface area contributed by atoms with E-state index in [2.05, 4.69) is 15.0 Å². The lowest BCUT2D eigenvalue weighted by Gasteiger charge is -2.20. The Hall–Kier alpha value is -3.67. The van der Waals surface area contributed by atoms with Gasteiger partial charge in [-0.15, -0.1) is 0 Å². The summed E-state index contributed by atoms with van der Waals surface area (Å²) in [6, 6.07) is 19.4. The smallest absolute Gasteiger partial charge is 0.300 e. The molecule has 0 fully saturated rings. The Kier molecular flexibility index (Phi) is 3.49. The predicted octanol–water partition coefficient (Wildman–Crippen LogP) is 4.71. The van der Waals surface area contributed by atoms with Gasteiger partial charge in [-0.3, -0.25) is 9.69 Å². The van der Waals surface area contributed by atoms with Crippen molar-refractivity contribution in [1.29, 1.82) is 0 Å². The number of aromatic amines is 1. The number of nitrogens with one attached hydrogen (secondary N) is 1. The van der Waals surface area contributed by atoms with Gasteiger partial charge >= 0.3 is 0 Å². The van der Waals surface area contributed by atoms with Gasteiger partial charge in [-0.1, -0.05) is 18.2 Å². The van der Waals surface area contributed by atoms with E-state index in [1.807, 2.05) is 74.5 Å². The highest BCUT2D eigenvalue weighted by molar-refractivity contribution is 6.11. The number of para-hydroxylation sites is 2. The molecular weight excluding hydrogens is 352 g/mol. The maximum absolute atomic E-state index is 13.0. The fraction of sp³-hybridized carbons (Fsp3) is 0.136. The third kappa shape index (κ3) is 2.45. The molecule has 138 valence electrons. The van der Waals surface area contributed by atoms with Crippen LogP contribution < -0.4 is 9.64 Å². The van der Waals surface area contributed by atoms with Crippen LogP contribution in [0.4, 0.5) is 11.5 Å². The van der Waals surface area contributed by atoms with E-state index >= 15 is 0 Å². The first-order valence-electron chi connectivity index (χ1n) is 9.07. The van der Waals surface area contributed by atoms with Crippen molar-refractivity contribution < 1.29 is 9.53 Å². The highest BCUT2D eigenvalue weighted by Crippen LogP contribution is 2.44. The van der Waals surface area contributed by atoms with Gasteiger partial charge in [0, 0.05) is 11.8 Å². The molecule has 1 aliphatic heterocycles. The number of ether oxygens (including phenoxy) is 1. The van der Waals surface area contributed by atoms with Crippen LogP contribution in [0.5, 0.6) is 11.8 Å². The van der Waals surface area contributed by atoms with Crippen molar-refractivity contribution >= 4 is 28.4 Å². The molecule has 0 unspecified atom stereocenters. The quantitative estimate of drug-likeness (QED) is 0.567. The number of benzene rings is 2. The van der Waals surface area contributed by atoms with Crippen molar-refractivity contribution in [3.05, 3.63) is 72.4 Å². The molecule has 0 spiro atoms. The van der Waals surface area contributed by atoms with Gasteiger partial charge in [0.1, 0.15) is 11.6 Å². The van der Waals surface area contributed by atoms with Gasteiger partial charge in [0.2, 0.25) is 5.91 Å². The number of fused-ring (bicyclic) bond motifs is 2. The van der Waals surface area contributed by atoms with Gasteiger partial charge < -0.3 is 9.72 Å². The van der Waals surface area contributed by atoms with Gasteiger partial charge in [-0.2, -0.15) is 4.98 Å². The van der Waals surface area contributed by atoms with Crippen LogP contribution in [0.15, 0.2) is 66.9 Å². The number of carbonyl (C=O) groups excluding carboxylic acids is 1. The number of amides is 1. The lowest BCUT2D eigenvalue weighted by Crippen LogP contribution is -2.33. The Morgan fingerprint density at radius 1 is 1.00 bits per heavy atom. The van der Waals surface area contributed by atoms with E-state index in [1.165, 1.54) is 0 Å². The predicted molar refractivity (Wildman–Crippen MR) is 107 cm³/mol. The maximum Gasteiger partial charge on any atom is 0.300 e. The summed E-state index contributed by atoms with van der Waals surface area (Å²) in [5.74, 6) is 1.32. The molecule has 2 aromatic heterocycles. The molecule has 4 aromatic rings. The van der Waals surface area contributed by atoms with Crippen LogP contribution >= 0.6 is 0 Å². The van der Waals surface area contributed by atoms with Gasteiger partial charge in [0.05, 0.1) is 22.1 Å². The third-order valence-corrected chi connectivity index (χ3v) is 5.09. The molecular formula is C22H18N4O2. The van der Waals surface area contributed by atoms with E-state index in [4.69, 9.17) is 4.74 Å². The van der Waals surface area contributed by atoms with Crippen LogP contribution in [0.3, 0.4) is 0 Å². The minimum atomic E-state index is -0.604. The molecule has 2 aromatic carbocycles. The minimum Gasteiger partial charge on any atom is -0.426 e. The molecule has 1 aliphatic rings. The van der Waals surface area contributed by atoms with Gasteiger partial charge in [-0.05, 0) is 56.3 Å². The zero-order valence-electron chi connectivity index (χ0n) is 15.5. The van der Waals surface area contributed by atoms with Crippen molar-refractivity contribution in [3.8, 4) is 11.8 Å². The molecule has 1 amide bonds. The summed E-state index contributed by atoms with van der Waals surface area (Å²) in [6.07, 6.45) is 1.71. The molecule has 5 rings (SSSR count). The molecule has 0 atom stereocenters. The summed E-state index contributed by atoms with van der Waals surface area (Å²) >= 11 is 0. The highest BCUT2D eigenvalue weighted by Gasteiger charge is 2.45. The van der Waals surface area contributed by atoms with E-state index in [0.29, 0.717) is 17.6 Å². The fourth-order valence-electron chi connectivity index (χ4n) is 3.55. The maximum atomic E-state index is 13.0. The number of anilines is 2. The topological polar surface area (TPSA) is 71.1 Å². The molecule has 0 saturated carbocycles. The van der Waals surface area contributed by atoms with E-state index < -0.39 is 5.41 Å². The van der Waals surface area contributed by atoms with Crippen molar-refractivity contribution in [2.45, 2.75) is 19.3 Å². The van der Waals surface area contributed by atoms with Gasteiger partial charge in [0.25, 0.3) is 6.01 Å². The minimum absolute atomic E-state index is 0.00662. The molecule has 28 heavy (non-hydrogen) atoms. The summed E-state index contributed by atoms with van der Waals surface area (Å²) < 4.78 is 5.83. The van der Waals surface area contributed by atoms with Crippen LogP contribution in [-0.2, 0) is 10.2 Å². The highest BCUT2D eigenvalue weighted by atomic mass is 16.5. The number of pyridine rings is 1. The van der Waals surface area contributed by atoms with Gasteiger partial charge in [-0.25, -0.2) is 4.98 Å². The number of hydrogen-bond acceptors (Lipinski definition) is 4. The molecule has 6 nitrogen and oxygen atoms in total. The van der Waals surface area contributed by atoms with Crippen LogP contribution in [0.1, 0.15) is 19.4 Å². The van der Waals surface area contributed by atoms with Crippen LogP contribution in [0.25, 0.3) is 11.0 Å². The van der Waals surface area contributed by atoms with E-state index in [-0.39, 0.29) is 5.91 Å². The number of aromatic nitrogens is 3. The second kappa shape index (κ2) is 5.92. The average molecular weight is 370 g/mol. The zero-order valence-corrected chi connectivity index (χ0v) is 15.5. The second-order valence-corrected chi connectivity index (χ2v) is 7.30. The normalized spacial score (nSPS) is 15.1. The number of carbonyl (C=O) groups is 1. The lowest BCUT2D eigenvalue weighted by molar-refractivity contribution is -0.121. The molecule has 1 N–H and O–H groups in total. The molecule has 0 radical (unpaired) electrons. The first kappa shape index (κ1) is 16.5. The molecule has 0 aliphatic carbocycles. The number of hydrogen-bond donors (Lipinski definition) is 1. The number of H-pyrrole nitrogens is 1. The average Bonchev–Trinajstić information content (AvgIpc) is 3.20. The van der Waals surface area contributed by atoms with Crippen molar-refractivity contribution in [2.24, 2.45) is 0 Å².